The molecule has 0 saturated carbocycles. The molecule has 2 rings (SSSR count). The molecule has 0 aromatic carbocycles. The van der Waals surface area contributed by atoms with Gasteiger partial charge >= 0.3 is 0 Å². The smallest absolute Gasteiger partial charge is 0.248 e. The average Bonchev–Trinajstić information content (AvgIpc) is 2.96. The molecule has 1 aliphatic rings. The number of sulfonamides is 1. The molecule has 1 fully saturated rings. The first-order valence-electron chi connectivity index (χ1n) is 6.63. The zero-order valence-corrected chi connectivity index (χ0v) is 12.5. The Labute approximate surface area is 114 Å². The second kappa shape index (κ2) is 5.60. The summed E-state index contributed by atoms with van der Waals surface area (Å²) in [6, 6.07) is 0.246. The Hall–Kier alpha value is -0.920. The van der Waals surface area contributed by atoms with Crippen LogP contribution in [0.15, 0.2) is 9.42 Å². The van der Waals surface area contributed by atoms with Gasteiger partial charge in [-0.15, -0.1) is 0 Å². The molecule has 7 heteroatoms. The van der Waals surface area contributed by atoms with E-state index in [0.717, 1.165) is 19.4 Å². The summed E-state index contributed by atoms with van der Waals surface area (Å²) in [6.45, 7) is 7.06. The fraction of sp³-hybridized carbons (Fsp3) is 0.750. The minimum atomic E-state index is -3.52. The van der Waals surface area contributed by atoms with Gasteiger partial charge in [0.15, 0.2) is 5.76 Å². The Morgan fingerprint density at radius 3 is 2.68 bits per heavy atom. The standard InChI is InChI=1S/C12H21N3O3S/c1-4-15(8-11-6-5-7-13-11)19(16,17)12-9(2)14-18-10(12)3/h11,13H,4-8H2,1-3H3. The Bertz CT molecular complexity index is 513. The molecule has 1 saturated heterocycles. The van der Waals surface area contributed by atoms with E-state index in [2.05, 4.69) is 10.5 Å². The number of aromatic nitrogens is 1. The van der Waals surface area contributed by atoms with Crippen LogP contribution in [-0.4, -0.2) is 43.6 Å². The van der Waals surface area contributed by atoms with Gasteiger partial charge in [-0.3, -0.25) is 0 Å². The van der Waals surface area contributed by atoms with E-state index in [0.29, 0.717) is 24.5 Å². The number of hydrogen-bond donors (Lipinski definition) is 1. The van der Waals surface area contributed by atoms with Crippen molar-refractivity contribution in [2.24, 2.45) is 0 Å². The summed E-state index contributed by atoms with van der Waals surface area (Å²) in [6.07, 6.45) is 2.13. The lowest BCUT2D eigenvalue weighted by atomic mass is 10.2. The van der Waals surface area contributed by atoms with Gasteiger partial charge in [-0.25, -0.2) is 8.42 Å². The molecule has 0 amide bonds. The summed E-state index contributed by atoms with van der Waals surface area (Å²) in [5, 5.41) is 7.06. The number of rotatable bonds is 5. The van der Waals surface area contributed by atoms with E-state index in [1.165, 1.54) is 4.31 Å². The third-order valence-corrected chi connectivity index (χ3v) is 5.69. The predicted molar refractivity (Wildman–Crippen MR) is 71.4 cm³/mol. The molecule has 108 valence electrons. The first kappa shape index (κ1) is 14.5. The van der Waals surface area contributed by atoms with Crippen LogP contribution < -0.4 is 5.32 Å². The Morgan fingerprint density at radius 1 is 1.47 bits per heavy atom. The largest absolute Gasteiger partial charge is 0.360 e. The highest BCUT2D eigenvalue weighted by atomic mass is 32.2. The lowest BCUT2D eigenvalue weighted by molar-refractivity contribution is 0.377. The SMILES string of the molecule is CCN(CC1CCCN1)S(=O)(=O)c1c(C)noc1C. The maximum Gasteiger partial charge on any atom is 0.248 e. The molecule has 0 bridgehead atoms. The van der Waals surface area contributed by atoms with E-state index in [9.17, 15) is 8.42 Å². The molecule has 0 radical (unpaired) electrons. The van der Waals surface area contributed by atoms with Gasteiger partial charge in [0.05, 0.1) is 0 Å². The summed E-state index contributed by atoms with van der Waals surface area (Å²) in [5.74, 6) is 0.357. The van der Waals surface area contributed by atoms with Crippen molar-refractivity contribution in [1.29, 1.82) is 0 Å². The molecular formula is C12H21N3O3S. The highest BCUT2D eigenvalue weighted by molar-refractivity contribution is 7.89. The van der Waals surface area contributed by atoms with E-state index < -0.39 is 10.0 Å². The summed E-state index contributed by atoms with van der Waals surface area (Å²) in [7, 11) is -3.52. The molecule has 0 aliphatic carbocycles. The maximum atomic E-state index is 12.7. The number of hydrogen-bond acceptors (Lipinski definition) is 5. The minimum Gasteiger partial charge on any atom is -0.360 e. The first-order chi connectivity index (χ1) is 8.96. The van der Waals surface area contributed by atoms with E-state index >= 15 is 0 Å². The number of aryl methyl sites for hydroxylation is 2. The Kier molecular flexibility index (Phi) is 4.27. The topological polar surface area (TPSA) is 75.4 Å². The van der Waals surface area contributed by atoms with Gasteiger partial charge in [0, 0.05) is 19.1 Å². The Morgan fingerprint density at radius 2 is 2.21 bits per heavy atom. The highest BCUT2D eigenvalue weighted by Gasteiger charge is 2.32. The zero-order chi connectivity index (χ0) is 14.0. The second-order valence-electron chi connectivity index (χ2n) is 4.90. The number of nitrogens with one attached hydrogen (secondary N) is 1. The van der Waals surface area contributed by atoms with Crippen molar-refractivity contribution in [3.05, 3.63) is 11.5 Å². The van der Waals surface area contributed by atoms with E-state index in [4.69, 9.17) is 4.52 Å². The third-order valence-electron chi connectivity index (χ3n) is 3.50. The van der Waals surface area contributed by atoms with Crippen molar-refractivity contribution in [1.82, 2.24) is 14.8 Å². The number of nitrogens with zero attached hydrogens (tertiary/aromatic N) is 2. The molecule has 0 spiro atoms. The van der Waals surface area contributed by atoms with Gasteiger partial charge in [0.2, 0.25) is 10.0 Å². The van der Waals surface area contributed by atoms with Crippen molar-refractivity contribution in [2.75, 3.05) is 19.6 Å². The van der Waals surface area contributed by atoms with Gasteiger partial charge in [-0.1, -0.05) is 12.1 Å². The van der Waals surface area contributed by atoms with Gasteiger partial charge in [0.1, 0.15) is 10.6 Å². The maximum absolute atomic E-state index is 12.7. The monoisotopic (exact) mass is 287 g/mol. The van der Waals surface area contributed by atoms with Crippen molar-refractivity contribution in [3.8, 4) is 0 Å². The lowest BCUT2D eigenvalue weighted by Gasteiger charge is -2.23. The molecule has 1 aliphatic heterocycles. The van der Waals surface area contributed by atoms with Crippen LogP contribution in [0.5, 0.6) is 0 Å². The number of likely N-dealkylation sites (N-methyl/N-ethyl adjacent to an activating group) is 1. The molecule has 1 aromatic heterocycles. The summed E-state index contributed by atoms with van der Waals surface area (Å²) in [5.41, 5.74) is 0.426. The molecule has 1 unspecified atom stereocenters. The van der Waals surface area contributed by atoms with Crippen LogP contribution in [0, 0.1) is 13.8 Å². The fourth-order valence-electron chi connectivity index (χ4n) is 2.53. The van der Waals surface area contributed by atoms with Crippen LogP contribution in [-0.2, 0) is 10.0 Å². The minimum absolute atomic E-state index is 0.215. The zero-order valence-electron chi connectivity index (χ0n) is 11.6. The first-order valence-corrected chi connectivity index (χ1v) is 8.07. The predicted octanol–water partition coefficient (Wildman–Crippen LogP) is 1.05. The van der Waals surface area contributed by atoms with Crippen molar-refractivity contribution in [2.45, 2.75) is 44.6 Å². The molecule has 1 atom stereocenters. The summed E-state index contributed by atoms with van der Waals surface area (Å²) < 4.78 is 31.8. The average molecular weight is 287 g/mol. The molecule has 1 N–H and O–H groups in total. The van der Waals surface area contributed by atoms with Crippen LogP contribution in [0.1, 0.15) is 31.2 Å². The summed E-state index contributed by atoms with van der Waals surface area (Å²) in [4.78, 5) is 0.215. The quantitative estimate of drug-likeness (QED) is 0.876. The Balaban J connectivity index is 2.25. The van der Waals surface area contributed by atoms with Crippen LogP contribution in [0.2, 0.25) is 0 Å². The van der Waals surface area contributed by atoms with Crippen LogP contribution in [0.3, 0.4) is 0 Å². The molecule has 19 heavy (non-hydrogen) atoms. The third kappa shape index (κ3) is 2.82. The van der Waals surface area contributed by atoms with E-state index in [1.54, 1.807) is 13.8 Å². The molecule has 2 heterocycles. The van der Waals surface area contributed by atoms with Gasteiger partial charge < -0.3 is 9.84 Å². The van der Waals surface area contributed by atoms with Crippen molar-refractivity contribution < 1.29 is 12.9 Å². The normalized spacial score (nSPS) is 20.3. The summed E-state index contributed by atoms with van der Waals surface area (Å²) >= 11 is 0. The highest BCUT2D eigenvalue weighted by Crippen LogP contribution is 2.23. The lowest BCUT2D eigenvalue weighted by Crippen LogP contribution is -2.41. The molecule has 6 nitrogen and oxygen atoms in total. The van der Waals surface area contributed by atoms with Gasteiger partial charge in [-0.2, -0.15) is 4.31 Å². The van der Waals surface area contributed by atoms with Gasteiger partial charge in [0.25, 0.3) is 0 Å². The van der Waals surface area contributed by atoms with Gasteiger partial charge in [-0.05, 0) is 33.2 Å². The fourth-order valence-corrected chi connectivity index (χ4v) is 4.31. The second-order valence-corrected chi connectivity index (χ2v) is 6.78. The van der Waals surface area contributed by atoms with Crippen molar-refractivity contribution >= 4 is 10.0 Å². The van der Waals surface area contributed by atoms with Crippen LogP contribution in [0.25, 0.3) is 0 Å². The van der Waals surface area contributed by atoms with Crippen LogP contribution in [0.4, 0.5) is 0 Å². The molecular weight excluding hydrogens is 266 g/mol. The van der Waals surface area contributed by atoms with E-state index in [1.807, 2.05) is 6.92 Å². The van der Waals surface area contributed by atoms with Crippen LogP contribution >= 0.6 is 0 Å². The van der Waals surface area contributed by atoms with E-state index in [-0.39, 0.29) is 10.9 Å². The van der Waals surface area contributed by atoms with Crippen molar-refractivity contribution in [3.63, 3.8) is 0 Å². The molecule has 1 aromatic rings.